The second-order valence-electron chi connectivity index (χ2n) is 9.82. The Labute approximate surface area is 236 Å². The van der Waals surface area contributed by atoms with Gasteiger partial charge in [-0.15, -0.1) is 0 Å². The van der Waals surface area contributed by atoms with Crippen LogP contribution in [0.4, 0.5) is 0 Å². The first kappa shape index (κ1) is 27.3. The molecule has 0 radical (unpaired) electrons. The second-order valence-corrected chi connectivity index (χ2v) is 10.8. The third kappa shape index (κ3) is 5.02. The number of nitrogens with zero attached hydrogens (tertiary/aromatic N) is 3. The molecule has 5 rings (SSSR count). The van der Waals surface area contributed by atoms with E-state index < -0.39 is 12.0 Å². The number of fused-ring (bicyclic) bond motifs is 1. The van der Waals surface area contributed by atoms with Crippen LogP contribution < -0.4 is 19.6 Å². The minimum atomic E-state index is -0.745. The maximum absolute atomic E-state index is 14.1. The lowest BCUT2D eigenvalue weighted by atomic mass is 9.87. The van der Waals surface area contributed by atoms with Crippen LogP contribution in [0.3, 0.4) is 0 Å². The zero-order valence-electron chi connectivity index (χ0n) is 23.2. The smallest absolute Gasteiger partial charge is 0.338 e. The van der Waals surface area contributed by atoms with Crippen LogP contribution >= 0.6 is 11.3 Å². The van der Waals surface area contributed by atoms with Crippen LogP contribution in [0.2, 0.25) is 0 Å². The number of aryl methyl sites for hydroxylation is 1. The standard InChI is InChI=1S/C32H31N3O4S/c1-6-39-31(37)27-28(22-12-8-7-9-13-22)34-32-35(30(36)26(40-32)16-21-11-10-14-33-18-21)29(27)24-17-23(19(2)3)25(38-5)15-20(24)4/h7-19,29H,6H2,1-5H3. The third-order valence-electron chi connectivity index (χ3n) is 6.89. The summed E-state index contributed by atoms with van der Waals surface area (Å²) in [6.07, 6.45) is 5.21. The van der Waals surface area contributed by atoms with Crippen molar-refractivity contribution in [3.05, 3.63) is 120 Å². The van der Waals surface area contributed by atoms with Gasteiger partial charge in [0.2, 0.25) is 0 Å². The van der Waals surface area contributed by atoms with Crippen molar-refractivity contribution in [3.63, 3.8) is 0 Å². The Morgan fingerprint density at radius 3 is 2.58 bits per heavy atom. The molecule has 8 heteroatoms. The highest BCUT2D eigenvalue weighted by atomic mass is 32.1. The monoisotopic (exact) mass is 553 g/mol. The summed E-state index contributed by atoms with van der Waals surface area (Å²) in [6, 6.07) is 16.6. The van der Waals surface area contributed by atoms with Crippen LogP contribution in [0.25, 0.3) is 11.8 Å². The lowest BCUT2D eigenvalue weighted by Crippen LogP contribution is -2.40. The number of rotatable bonds is 7. The molecule has 40 heavy (non-hydrogen) atoms. The molecule has 0 saturated heterocycles. The van der Waals surface area contributed by atoms with E-state index in [9.17, 15) is 9.59 Å². The predicted octanol–water partition coefficient (Wildman–Crippen LogP) is 4.77. The van der Waals surface area contributed by atoms with E-state index in [0.717, 1.165) is 33.6 Å². The number of carbonyl (C=O) groups excluding carboxylic acids is 1. The van der Waals surface area contributed by atoms with Crippen LogP contribution in [0, 0.1) is 6.92 Å². The Morgan fingerprint density at radius 2 is 1.93 bits per heavy atom. The largest absolute Gasteiger partial charge is 0.496 e. The topological polar surface area (TPSA) is 82.8 Å². The Kier molecular flexibility index (Phi) is 7.80. The van der Waals surface area contributed by atoms with Gasteiger partial charge in [0.25, 0.3) is 5.56 Å². The van der Waals surface area contributed by atoms with Gasteiger partial charge in [0.1, 0.15) is 5.75 Å². The van der Waals surface area contributed by atoms with Crippen molar-refractivity contribution in [2.24, 2.45) is 4.99 Å². The quantitative estimate of drug-likeness (QED) is 0.308. The second kappa shape index (κ2) is 11.4. The van der Waals surface area contributed by atoms with Gasteiger partial charge in [-0.2, -0.15) is 0 Å². The molecule has 0 amide bonds. The summed E-state index contributed by atoms with van der Waals surface area (Å²) in [5, 5.41) is 0. The first-order valence-electron chi connectivity index (χ1n) is 13.2. The van der Waals surface area contributed by atoms with Gasteiger partial charge in [0, 0.05) is 18.0 Å². The van der Waals surface area contributed by atoms with Crippen molar-refractivity contribution in [1.29, 1.82) is 0 Å². The molecule has 0 N–H and O–H groups in total. The van der Waals surface area contributed by atoms with Crippen LogP contribution in [0.1, 0.15) is 60.5 Å². The Hall–Kier alpha value is -4.30. The highest BCUT2D eigenvalue weighted by Gasteiger charge is 2.36. The Morgan fingerprint density at radius 1 is 1.15 bits per heavy atom. The Bertz CT molecular complexity index is 1770. The van der Waals surface area contributed by atoms with Gasteiger partial charge in [0.15, 0.2) is 4.80 Å². The number of carbonyl (C=O) groups is 1. The summed E-state index contributed by atoms with van der Waals surface area (Å²) in [5.74, 6) is 0.419. The number of hydrogen-bond acceptors (Lipinski definition) is 7. The fourth-order valence-electron chi connectivity index (χ4n) is 4.99. The lowest BCUT2D eigenvalue weighted by molar-refractivity contribution is -0.138. The van der Waals surface area contributed by atoms with Crippen molar-refractivity contribution in [2.45, 2.75) is 39.7 Å². The van der Waals surface area contributed by atoms with Gasteiger partial charge in [-0.05, 0) is 66.3 Å². The molecular weight excluding hydrogens is 522 g/mol. The maximum Gasteiger partial charge on any atom is 0.338 e. The number of thiazole rings is 1. The average Bonchev–Trinajstić information content (AvgIpc) is 3.27. The molecule has 7 nitrogen and oxygen atoms in total. The zero-order valence-corrected chi connectivity index (χ0v) is 24.0. The van der Waals surface area contributed by atoms with Gasteiger partial charge >= 0.3 is 5.97 Å². The molecular formula is C32H31N3O4S. The number of pyridine rings is 1. The number of esters is 1. The van der Waals surface area contributed by atoms with Crippen molar-refractivity contribution in [2.75, 3.05) is 13.7 Å². The molecule has 1 aliphatic heterocycles. The van der Waals surface area contributed by atoms with Crippen LogP contribution in [0.15, 0.2) is 82.4 Å². The molecule has 3 heterocycles. The number of methoxy groups -OCH3 is 1. The van der Waals surface area contributed by atoms with Crippen LogP contribution in [0.5, 0.6) is 5.75 Å². The van der Waals surface area contributed by atoms with Crippen molar-refractivity contribution in [1.82, 2.24) is 9.55 Å². The van der Waals surface area contributed by atoms with E-state index in [1.165, 1.54) is 11.3 Å². The van der Waals surface area contributed by atoms with Gasteiger partial charge in [-0.1, -0.05) is 61.6 Å². The summed E-state index contributed by atoms with van der Waals surface area (Å²) in [4.78, 5) is 37.4. The highest BCUT2D eigenvalue weighted by Crippen LogP contribution is 2.39. The first-order valence-corrected chi connectivity index (χ1v) is 14.0. The van der Waals surface area contributed by atoms with Crippen LogP contribution in [-0.2, 0) is 9.53 Å². The summed E-state index contributed by atoms with van der Waals surface area (Å²) in [7, 11) is 1.65. The molecule has 2 aromatic heterocycles. The van der Waals surface area contributed by atoms with Crippen molar-refractivity contribution >= 4 is 29.1 Å². The fraction of sp³-hybridized carbons (Fsp3) is 0.250. The van der Waals surface area contributed by atoms with E-state index in [1.807, 2.05) is 61.5 Å². The molecule has 4 aromatic rings. The molecule has 1 aliphatic rings. The van der Waals surface area contributed by atoms with E-state index >= 15 is 0 Å². The molecule has 1 unspecified atom stereocenters. The molecule has 0 fully saturated rings. The molecule has 2 aromatic carbocycles. The average molecular weight is 554 g/mol. The van der Waals surface area contributed by atoms with Crippen LogP contribution in [-0.4, -0.2) is 29.2 Å². The number of ether oxygens (including phenoxy) is 2. The van der Waals surface area contributed by atoms with E-state index in [4.69, 9.17) is 14.5 Å². The molecule has 1 atom stereocenters. The fourth-order valence-corrected chi connectivity index (χ4v) is 5.99. The molecule has 0 bridgehead atoms. The summed E-state index contributed by atoms with van der Waals surface area (Å²) < 4.78 is 13.4. The van der Waals surface area contributed by atoms with Crippen molar-refractivity contribution < 1.29 is 14.3 Å². The summed E-state index contributed by atoms with van der Waals surface area (Å²) in [6.45, 7) is 8.12. The molecule has 0 aliphatic carbocycles. The summed E-state index contributed by atoms with van der Waals surface area (Å²) in [5.41, 5.74) is 4.88. The Balaban J connectivity index is 1.89. The maximum atomic E-state index is 14.1. The first-order chi connectivity index (χ1) is 19.3. The van der Waals surface area contributed by atoms with E-state index in [1.54, 1.807) is 31.0 Å². The lowest BCUT2D eigenvalue weighted by Gasteiger charge is -2.28. The minimum Gasteiger partial charge on any atom is -0.496 e. The third-order valence-corrected chi connectivity index (χ3v) is 7.87. The minimum absolute atomic E-state index is 0.152. The van der Waals surface area contributed by atoms with E-state index in [2.05, 4.69) is 24.9 Å². The highest BCUT2D eigenvalue weighted by molar-refractivity contribution is 7.07. The SMILES string of the molecule is CCOC(=O)C1=C(c2ccccc2)N=c2sc(=Cc3cccnc3)c(=O)n2C1c1cc(C(C)C)c(OC)cc1C. The van der Waals surface area contributed by atoms with E-state index in [0.29, 0.717) is 20.6 Å². The number of aromatic nitrogens is 2. The molecule has 0 spiro atoms. The van der Waals surface area contributed by atoms with Crippen molar-refractivity contribution in [3.8, 4) is 5.75 Å². The normalized spacial score (nSPS) is 15.2. The van der Waals surface area contributed by atoms with Gasteiger partial charge in [-0.25, -0.2) is 9.79 Å². The van der Waals surface area contributed by atoms with Gasteiger partial charge in [0.05, 0.1) is 35.6 Å². The number of hydrogen-bond donors (Lipinski definition) is 0. The number of benzene rings is 2. The predicted molar refractivity (Wildman–Crippen MR) is 157 cm³/mol. The zero-order chi connectivity index (χ0) is 28.4. The molecule has 204 valence electrons. The summed E-state index contributed by atoms with van der Waals surface area (Å²) >= 11 is 1.29. The molecule has 0 saturated carbocycles. The van der Waals surface area contributed by atoms with Gasteiger partial charge in [-0.3, -0.25) is 14.3 Å². The van der Waals surface area contributed by atoms with Gasteiger partial charge < -0.3 is 9.47 Å². The van der Waals surface area contributed by atoms with E-state index in [-0.39, 0.29) is 18.1 Å².